The third kappa shape index (κ3) is 5.61. The summed E-state index contributed by atoms with van der Waals surface area (Å²) in [6, 6.07) is 4.85. The maximum Gasteiger partial charge on any atom is 0.191 e. The van der Waals surface area contributed by atoms with Gasteiger partial charge in [0.15, 0.2) is 5.96 Å². The number of thiophene rings is 1. The van der Waals surface area contributed by atoms with Gasteiger partial charge in [-0.05, 0) is 48.6 Å². The van der Waals surface area contributed by atoms with Crippen LogP contribution in [-0.4, -0.2) is 51.4 Å². The van der Waals surface area contributed by atoms with E-state index in [-0.39, 0.29) is 5.41 Å². The molecule has 0 aliphatic carbocycles. The Morgan fingerprint density at radius 2 is 2.07 bits per heavy atom. The monoisotopic (exact) mass is 392 g/mol. The lowest BCUT2D eigenvalue weighted by atomic mass is 9.78. The third-order valence-corrected chi connectivity index (χ3v) is 6.64. The molecule has 0 spiro atoms. The van der Waals surface area contributed by atoms with Gasteiger partial charge in [-0.3, -0.25) is 4.99 Å². The molecule has 6 heteroatoms. The van der Waals surface area contributed by atoms with Crippen molar-refractivity contribution in [3.05, 3.63) is 17.5 Å². The average Bonchev–Trinajstić information content (AvgIpc) is 3.20. The zero-order chi connectivity index (χ0) is 19.3. The van der Waals surface area contributed by atoms with Crippen molar-refractivity contribution in [2.24, 2.45) is 16.3 Å². The number of guanidine groups is 1. The Balaban J connectivity index is 1.46. The van der Waals surface area contributed by atoms with Crippen LogP contribution in [0.5, 0.6) is 0 Å². The second-order valence-corrected chi connectivity index (χ2v) is 9.80. The maximum atomic E-state index is 6.11. The lowest BCUT2D eigenvalue weighted by molar-refractivity contribution is -0.0835. The standard InChI is InChI=1S/C21H36N4OS/c1-21(2,3)19-16(7-5-13-26-19)15-23-20(22-4)24-17-9-11-25(12-10-17)18-8-6-14-27-18/h6,8,14,16-17,19H,5,7,9-13,15H2,1-4H3,(H2,22,23,24). The molecule has 2 N–H and O–H groups in total. The number of hydrogen-bond donors (Lipinski definition) is 2. The zero-order valence-corrected chi connectivity index (χ0v) is 18.1. The van der Waals surface area contributed by atoms with E-state index in [0.717, 1.165) is 51.5 Å². The Labute approximate surface area is 168 Å². The largest absolute Gasteiger partial charge is 0.377 e. The molecule has 0 bridgehead atoms. The molecule has 2 fully saturated rings. The molecule has 0 aromatic carbocycles. The van der Waals surface area contributed by atoms with E-state index < -0.39 is 0 Å². The first-order chi connectivity index (χ1) is 13.0. The summed E-state index contributed by atoms with van der Waals surface area (Å²) in [7, 11) is 1.87. The van der Waals surface area contributed by atoms with E-state index in [0.29, 0.717) is 18.1 Å². The molecule has 2 atom stereocenters. The molecule has 2 saturated heterocycles. The molecule has 0 amide bonds. The van der Waals surface area contributed by atoms with Crippen LogP contribution in [-0.2, 0) is 4.74 Å². The summed E-state index contributed by atoms with van der Waals surface area (Å²) < 4.78 is 6.11. The van der Waals surface area contributed by atoms with Gasteiger partial charge in [0.2, 0.25) is 0 Å². The van der Waals surface area contributed by atoms with Crippen molar-refractivity contribution >= 4 is 22.3 Å². The summed E-state index contributed by atoms with van der Waals surface area (Å²) in [5.74, 6) is 1.47. The summed E-state index contributed by atoms with van der Waals surface area (Å²) in [5, 5.41) is 10.8. The molecule has 2 aliphatic heterocycles. The summed E-state index contributed by atoms with van der Waals surface area (Å²) in [6.45, 7) is 10.9. The molecule has 1 aromatic heterocycles. The van der Waals surface area contributed by atoms with Gasteiger partial charge in [-0.1, -0.05) is 20.8 Å². The number of nitrogens with zero attached hydrogens (tertiary/aromatic N) is 2. The smallest absolute Gasteiger partial charge is 0.191 e. The topological polar surface area (TPSA) is 48.9 Å². The molecule has 3 rings (SSSR count). The molecular formula is C21H36N4OS. The number of nitrogens with one attached hydrogen (secondary N) is 2. The maximum absolute atomic E-state index is 6.11. The van der Waals surface area contributed by atoms with Crippen LogP contribution in [0.25, 0.3) is 0 Å². The number of hydrogen-bond acceptors (Lipinski definition) is 4. The predicted octanol–water partition coefficient (Wildman–Crippen LogP) is 3.72. The molecule has 152 valence electrons. The van der Waals surface area contributed by atoms with E-state index >= 15 is 0 Å². The van der Waals surface area contributed by atoms with Crippen molar-refractivity contribution in [1.82, 2.24) is 10.6 Å². The SMILES string of the molecule is CN=C(NCC1CCCOC1C(C)(C)C)NC1CCN(c2cccs2)CC1. The molecular weight excluding hydrogens is 356 g/mol. The van der Waals surface area contributed by atoms with Gasteiger partial charge in [-0.15, -0.1) is 11.3 Å². The molecule has 1 aromatic rings. The average molecular weight is 393 g/mol. The van der Waals surface area contributed by atoms with Crippen molar-refractivity contribution in [2.75, 3.05) is 38.2 Å². The Morgan fingerprint density at radius 1 is 1.30 bits per heavy atom. The van der Waals surface area contributed by atoms with Crippen molar-refractivity contribution in [1.29, 1.82) is 0 Å². The van der Waals surface area contributed by atoms with Gasteiger partial charge >= 0.3 is 0 Å². The van der Waals surface area contributed by atoms with Crippen molar-refractivity contribution < 1.29 is 4.74 Å². The minimum Gasteiger partial charge on any atom is -0.377 e. The highest BCUT2D eigenvalue weighted by Gasteiger charge is 2.35. The van der Waals surface area contributed by atoms with Gasteiger partial charge in [0, 0.05) is 45.2 Å². The minimum absolute atomic E-state index is 0.179. The fraction of sp³-hybridized carbons (Fsp3) is 0.762. The van der Waals surface area contributed by atoms with Crippen LogP contribution in [0.4, 0.5) is 5.00 Å². The highest BCUT2D eigenvalue weighted by atomic mass is 32.1. The predicted molar refractivity (Wildman–Crippen MR) is 116 cm³/mol. The molecule has 0 radical (unpaired) electrons. The van der Waals surface area contributed by atoms with Crippen LogP contribution in [0.2, 0.25) is 0 Å². The molecule has 3 heterocycles. The fourth-order valence-electron chi connectivity index (χ4n) is 4.32. The molecule has 0 saturated carbocycles. The fourth-order valence-corrected chi connectivity index (χ4v) is 5.10. The van der Waals surface area contributed by atoms with E-state index in [1.165, 1.54) is 11.4 Å². The van der Waals surface area contributed by atoms with Gasteiger partial charge in [-0.2, -0.15) is 0 Å². The van der Waals surface area contributed by atoms with Crippen LogP contribution in [0.15, 0.2) is 22.5 Å². The molecule has 2 aliphatic rings. The number of ether oxygens (including phenoxy) is 1. The van der Waals surface area contributed by atoms with E-state index in [1.54, 1.807) is 0 Å². The number of aliphatic imine (C=N–C) groups is 1. The lowest BCUT2D eigenvalue weighted by Crippen LogP contribution is -2.51. The number of piperidine rings is 1. The summed E-state index contributed by atoms with van der Waals surface area (Å²) in [5.41, 5.74) is 0.179. The normalized spacial score (nSPS) is 25.5. The van der Waals surface area contributed by atoms with E-state index in [9.17, 15) is 0 Å². The zero-order valence-electron chi connectivity index (χ0n) is 17.3. The van der Waals surface area contributed by atoms with Crippen LogP contribution in [0, 0.1) is 11.3 Å². The van der Waals surface area contributed by atoms with Gasteiger partial charge < -0.3 is 20.3 Å². The molecule has 2 unspecified atom stereocenters. The van der Waals surface area contributed by atoms with E-state index in [2.05, 4.69) is 58.8 Å². The van der Waals surface area contributed by atoms with E-state index in [1.807, 2.05) is 18.4 Å². The second-order valence-electron chi connectivity index (χ2n) is 8.87. The quantitative estimate of drug-likeness (QED) is 0.606. The molecule has 5 nitrogen and oxygen atoms in total. The first-order valence-corrected chi connectivity index (χ1v) is 11.2. The first kappa shape index (κ1) is 20.5. The van der Waals surface area contributed by atoms with Crippen molar-refractivity contribution in [2.45, 2.75) is 58.6 Å². The molecule has 27 heavy (non-hydrogen) atoms. The highest BCUT2D eigenvalue weighted by Crippen LogP contribution is 2.33. The van der Waals surface area contributed by atoms with Gasteiger partial charge in [0.25, 0.3) is 0 Å². The van der Waals surface area contributed by atoms with E-state index in [4.69, 9.17) is 4.74 Å². The Bertz CT molecular complexity index is 588. The Morgan fingerprint density at radius 3 is 2.70 bits per heavy atom. The van der Waals surface area contributed by atoms with Crippen LogP contribution in [0.3, 0.4) is 0 Å². The number of rotatable bonds is 4. The first-order valence-electron chi connectivity index (χ1n) is 10.3. The second kappa shape index (κ2) is 9.28. The van der Waals surface area contributed by atoms with Crippen LogP contribution in [0.1, 0.15) is 46.5 Å². The summed E-state index contributed by atoms with van der Waals surface area (Å²) in [4.78, 5) is 6.96. The van der Waals surface area contributed by atoms with Gasteiger partial charge in [0.1, 0.15) is 0 Å². The van der Waals surface area contributed by atoms with Gasteiger partial charge in [-0.25, -0.2) is 0 Å². The summed E-state index contributed by atoms with van der Waals surface area (Å²) >= 11 is 1.83. The Hall–Kier alpha value is -1.27. The van der Waals surface area contributed by atoms with Crippen molar-refractivity contribution in [3.8, 4) is 0 Å². The lowest BCUT2D eigenvalue weighted by Gasteiger charge is -2.40. The number of anilines is 1. The minimum atomic E-state index is 0.179. The Kier molecular flexibility index (Phi) is 7.04. The van der Waals surface area contributed by atoms with Crippen molar-refractivity contribution in [3.63, 3.8) is 0 Å². The highest BCUT2D eigenvalue weighted by molar-refractivity contribution is 7.14. The van der Waals surface area contributed by atoms with Crippen LogP contribution >= 0.6 is 11.3 Å². The van der Waals surface area contributed by atoms with Gasteiger partial charge in [0.05, 0.1) is 11.1 Å². The third-order valence-electron chi connectivity index (χ3n) is 5.71. The summed E-state index contributed by atoms with van der Waals surface area (Å²) in [6.07, 6.45) is 4.99. The van der Waals surface area contributed by atoms with Crippen LogP contribution < -0.4 is 15.5 Å².